The van der Waals surface area contributed by atoms with Crippen LogP contribution in [0.5, 0.6) is 5.75 Å². The number of hydrogen-bond acceptors (Lipinski definition) is 3. The van der Waals surface area contributed by atoms with Crippen molar-refractivity contribution in [3.8, 4) is 5.75 Å². The second-order valence-corrected chi connectivity index (χ2v) is 7.69. The summed E-state index contributed by atoms with van der Waals surface area (Å²) in [6, 6.07) is 6.38. The second-order valence-electron chi connectivity index (χ2n) is 7.69. The van der Waals surface area contributed by atoms with Gasteiger partial charge in [-0.1, -0.05) is 63.6 Å². The van der Waals surface area contributed by atoms with E-state index in [1.165, 1.54) is 12.1 Å². The lowest BCUT2D eigenvalue weighted by molar-refractivity contribution is -0.119. The first-order chi connectivity index (χ1) is 15.4. The molecule has 0 aliphatic rings. The van der Waals surface area contributed by atoms with Crippen LogP contribution >= 0.6 is 0 Å². The van der Waals surface area contributed by atoms with E-state index in [0.717, 1.165) is 41.8 Å². The lowest BCUT2D eigenvalue weighted by Gasteiger charge is -2.16. The van der Waals surface area contributed by atoms with Crippen LogP contribution in [0.25, 0.3) is 5.57 Å². The smallest absolute Gasteiger partial charge is 0.164 e. The molecular weight excluding hydrogens is 403 g/mol. The SMILES string of the molecule is CCCC(CC(=O)CC)c1ccc(F)c(O)c1.C\C=C/C(=C\C=C\CC)c1cc(C)[nH]n1. The van der Waals surface area contributed by atoms with E-state index in [4.69, 9.17) is 0 Å². The Morgan fingerprint density at radius 2 is 2.00 bits per heavy atom. The number of aromatic hydroxyl groups is 1. The Bertz CT molecular complexity index is 925. The molecule has 1 aromatic heterocycles. The highest BCUT2D eigenvalue weighted by atomic mass is 19.1. The molecule has 0 bridgehead atoms. The van der Waals surface area contributed by atoms with Gasteiger partial charge in [0.05, 0.1) is 5.69 Å². The van der Waals surface area contributed by atoms with Crippen LogP contribution in [-0.4, -0.2) is 21.1 Å². The van der Waals surface area contributed by atoms with Crippen LogP contribution < -0.4 is 0 Å². The second kappa shape index (κ2) is 15.0. The van der Waals surface area contributed by atoms with E-state index in [-0.39, 0.29) is 17.5 Å². The number of halogens is 1. The zero-order valence-corrected chi connectivity index (χ0v) is 20.0. The molecule has 0 radical (unpaired) electrons. The number of aromatic amines is 1. The number of allylic oxidation sites excluding steroid dienone is 6. The highest BCUT2D eigenvalue weighted by Gasteiger charge is 2.15. The molecule has 174 valence electrons. The number of aromatic nitrogens is 2. The van der Waals surface area contributed by atoms with Crippen molar-refractivity contribution in [2.24, 2.45) is 0 Å². The van der Waals surface area contributed by atoms with Crippen molar-refractivity contribution in [1.29, 1.82) is 0 Å². The first kappa shape index (κ1) is 27.1. The zero-order valence-electron chi connectivity index (χ0n) is 20.0. The molecule has 0 saturated heterocycles. The quantitative estimate of drug-likeness (QED) is 0.378. The normalized spacial score (nSPS) is 12.8. The van der Waals surface area contributed by atoms with Crippen molar-refractivity contribution in [3.63, 3.8) is 0 Å². The van der Waals surface area contributed by atoms with Gasteiger partial charge in [0.15, 0.2) is 11.6 Å². The van der Waals surface area contributed by atoms with Crippen LogP contribution in [-0.2, 0) is 4.79 Å². The molecule has 2 aromatic rings. The monoisotopic (exact) mass is 440 g/mol. The molecule has 32 heavy (non-hydrogen) atoms. The first-order valence-corrected chi connectivity index (χ1v) is 11.4. The van der Waals surface area contributed by atoms with Crippen LogP contribution in [0.4, 0.5) is 4.39 Å². The van der Waals surface area contributed by atoms with Crippen molar-refractivity contribution < 1.29 is 14.3 Å². The summed E-state index contributed by atoms with van der Waals surface area (Å²) in [5.41, 5.74) is 4.05. The predicted molar refractivity (Wildman–Crippen MR) is 131 cm³/mol. The average Bonchev–Trinajstić information content (AvgIpc) is 3.21. The number of Topliss-reactive ketones (excluding diaryl/α,β-unsaturated/α-hetero) is 1. The summed E-state index contributed by atoms with van der Waals surface area (Å²) in [7, 11) is 0. The number of phenolic OH excluding ortho intramolecular Hbond substituents is 1. The van der Waals surface area contributed by atoms with Crippen LogP contribution in [0.2, 0.25) is 0 Å². The third-order valence-corrected chi connectivity index (χ3v) is 4.94. The zero-order chi connectivity index (χ0) is 23.9. The molecule has 5 heteroatoms. The van der Waals surface area contributed by atoms with E-state index in [1.54, 1.807) is 6.07 Å². The molecule has 0 amide bonds. The summed E-state index contributed by atoms with van der Waals surface area (Å²) < 4.78 is 13.0. The van der Waals surface area contributed by atoms with Crippen LogP contribution in [0.1, 0.15) is 82.7 Å². The number of aryl methyl sites for hydroxylation is 1. The molecule has 0 saturated carbocycles. The molecule has 1 unspecified atom stereocenters. The Morgan fingerprint density at radius 1 is 1.25 bits per heavy atom. The van der Waals surface area contributed by atoms with Gasteiger partial charge in [-0.25, -0.2) is 4.39 Å². The molecule has 0 aliphatic heterocycles. The Labute approximate surface area is 192 Å². The number of carbonyl (C=O) groups excluding carboxylic acids is 1. The fourth-order valence-corrected chi connectivity index (χ4v) is 3.22. The summed E-state index contributed by atoms with van der Waals surface area (Å²) in [5.74, 6) is -0.676. The van der Waals surface area contributed by atoms with Gasteiger partial charge in [0, 0.05) is 24.1 Å². The molecule has 0 fully saturated rings. The molecule has 2 rings (SSSR count). The number of H-pyrrole nitrogens is 1. The number of hydrogen-bond donors (Lipinski definition) is 2. The van der Waals surface area contributed by atoms with E-state index >= 15 is 0 Å². The first-order valence-electron chi connectivity index (χ1n) is 11.4. The number of benzene rings is 1. The third-order valence-electron chi connectivity index (χ3n) is 4.94. The Hall–Kier alpha value is -2.95. The van der Waals surface area contributed by atoms with E-state index in [1.807, 2.05) is 39.8 Å². The lowest BCUT2D eigenvalue weighted by atomic mass is 9.89. The molecule has 1 aromatic carbocycles. The van der Waals surface area contributed by atoms with Crippen molar-refractivity contribution >= 4 is 11.4 Å². The molecule has 4 nitrogen and oxygen atoms in total. The number of phenols is 1. The summed E-state index contributed by atoms with van der Waals surface area (Å²) >= 11 is 0. The summed E-state index contributed by atoms with van der Waals surface area (Å²) in [6.45, 7) is 10.0. The van der Waals surface area contributed by atoms with E-state index in [2.05, 4.69) is 41.4 Å². The number of nitrogens with zero attached hydrogens (tertiary/aromatic N) is 1. The van der Waals surface area contributed by atoms with Gasteiger partial charge in [-0.15, -0.1) is 0 Å². The summed E-state index contributed by atoms with van der Waals surface area (Å²) in [4.78, 5) is 11.5. The summed E-state index contributed by atoms with van der Waals surface area (Å²) in [5, 5.41) is 16.5. The summed E-state index contributed by atoms with van der Waals surface area (Å²) in [6.07, 6.45) is 14.2. The third kappa shape index (κ3) is 9.46. The Balaban J connectivity index is 0.000000323. The van der Waals surface area contributed by atoms with Gasteiger partial charge in [-0.05, 0) is 56.4 Å². The number of ketones is 1. The average molecular weight is 441 g/mol. The van der Waals surface area contributed by atoms with Gasteiger partial charge in [0.1, 0.15) is 5.78 Å². The topological polar surface area (TPSA) is 66.0 Å². The molecule has 0 spiro atoms. The largest absolute Gasteiger partial charge is 0.505 e. The predicted octanol–water partition coefficient (Wildman–Crippen LogP) is 7.43. The van der Waals surface area contributed by atoms with Crippen LogP contribution in [0.15, 0.2) is 54.6 Å². The van der Waals surface area contributed by atoms with Gasteiger partial charge in [-0.3, -0.25) is 9.89 Å². The van der Waals surface area contributed by atoms with Crippen LogP contribution in [0.3, 0.4) is 0 Å². The molecule has 1 heterocycles. The van der Waals surface area contributed by atoms with Crippen molar-refractivity contribution in [1.82, 2.24) is 10.2 Å². The molecule has 2 N–H and O–H groups in total. The maximum atomic E-state index is 13.0. The van der Waals surface area contributed by atoms with Gasteiger partial charge in [0.2, 0.25) is 0 Å². The maximum absolute atomic E-state index is 13.0. The van der Waals surface area contributed by atoms with Gasteiger partial charge >= 0.3 is 0 Å². The Kier molecular flexibility index (Phi) is 12.7. The van der Waals surface area contributed by atoms with E-state index in [0.29, 0.717) is 12.8 Å². The molecular formula is C27H37FN2O2. The number of nitrogens with one attached hydrogen (secondary N) is 1. The van der Waals surface area contributed by atoms with Crippen LogP contribution in [0, 0.1) is 12.7 Å². The fourth-order valence-electron chi connectivity index (χ4n) is 3.22. The van der Waals surface area contributed by atoms with Crippen molar-refractivity contribution in [2.45, 2.75) is 72.6 Å². The van der Waals surface area contributed by atoms with Gasteiger partial charge < -0.3 is 5.11 Å². The number of rotatable bonds is 10. The molecule has 1 atom stereocenters. The van der Waals surface area contributed by atoms with Crippen molar-refractivity contribution in [2.75, 3.05) is 0 Å². The Morgan fingerprint density at radius 3 is 2.53 bits per heavy atom. The highest BCUT2D eigenvalue weighted by molar-refractivity contribution is 5.79. The standard InChI is InChI=1S/C14H19FO2.C13H18N2/c1-3-5-10(8-12(16)4-2)11-6-7-13(15)14(17)9-11;1-4-6-7-9-12(8-5-2)13-10-11(3)14-15-13/h6-7,9-10,17H,3-5,8H2,1-2H3;5-10H,4H2,1-3H3,(H,14,15)/b;7-6+,8-5-,12-9+. The van der Waals surface area contributed by atoms with Gasteiger partial charge in [-0.2, -0.15) is 5.10 Å². The molecule has 0 aliphatic carbocycles. The highest BCUT2D eigenvalue weighted by Crippen LogP contribution is 2.29. The van der Waals surface area contributed by atoms with E-state index in [9.17, 15) is 14.3 Å². The van der Waals surface area contributed by atoms with E-state index < -0.39 is 5.82 Å². The minimum atomic E-state index is -0.620. The maximum Gasteiger partial charge on any atom is 0.164 e. The van der Waals surface area contributed by atoms with Gasteiger partial charge in [0.25, 0.3) is 0 Å². The minimum Gasteiger partial charge on any atom is -0.505 e. The number of carbonyl (C=O) groups is 1. The fraction of sp³-hybridized carbons (Fsp3) is 0.407. The lowest BCUT2D eigenvalue weighted by Crippen LogP contribution is -2.06. The van der Waals surface area contributed by atoms with Crippen molar-refractivity contribution in [3.05, 3.63) is 77.4 Å². The minimum absolute atomic E-state index is 0.0824.